The molecule has 4 heteroatoms. The van der Waals surface area contributed by atoms with E-state index in [0.717, 1.165) is 12.7 Å². The summed E-state index contributed by atoms with van der Waals surface area (Å²) in [6, 6.07) is 0.777. The molecule has 0 amide bonds. The first kappa shape index (κ1) is 15.0. The quantitative estimate of drug-likeness (QED) is 0.763. The molecule has 12 heavy (non-hydrogen) atoms. The molecule has 1 unspecified atom stereocenters. The van der Waals surface area contributed by atoms with Gasteiger partial charge in [-0.05, 0) is 25.8 Å². The van der Waals surface area contributed by atoms with E-state index >= 15 is 0 Å². The van der Waals surface area contributed by atoms with Crippen molar-refractivity contribution in [1.29, 1.82) is 0 Å². The third-order valence-corrected chi connectivity index (χ3v) is 2.45. The van der Waals surface area contributed by atoms with Crippen molar-refractivity contribution in [2.75, 3.05) is 13.2 Å². The molecule has 1 saturated heterocycles. The Kier molecular flexibility index (Phi) is 10.1. The second-order valence-electron chi connectivity index (χ2n) is 3.05. The van der Waals surface area contributed by atoms with Gasteiger partial charge in [-0.3, -0.25) is 4.90 Å². The summed E-state index contributed by atoms with van der Waals surface area (Å²) >= 11 is 0. The van der Waals surface area contributed by atoms with Crippen LogP contribution in [0.4, 0.5) is 0 Å². The van der Waals surface area contributed by atoms with Gasteiger partial charge >= 0.3 is 0 Å². The molecule has 1 aliphatic rings. The summed E-state index contributed by atoms with van der Waals surface area (Å²) in [5, 5.41) is 0. The molecule has 0 bridgehead atoms. The minimum atomic E-state index is 0. The van der Waals surface area contributed by atoms with Gasteiger partial charge in [0.25, 0.3) is 0 Å². The summed E-state index contributed by atoms with van der Waals surface area (Å²) in [7, 11) is 0. The van der Waals surface area contributed by atoms with Crippen LogP contribution in [0.15, 0.2) is 0 Å². The van der Waals surface area contributed by atoms with E-state index in [1.54, 1.807) is 0 Å². The number of halogens is 2. The minimum absolute atomic E-state index is 0. The van der Waals surface area contributed by atoms with Crippen molar-refractivity contribution >= 4 is 24.8 Å². The lowest BCUT2D eigenvalue weighted by molar-refractivity contribution is 0.148. The molecule has 1 atom stereocenters. The van der Waals surface area contributed by atoms with Crippen molar-refractivity contribution in [2.45, 2.75) is 38.6 Å². The van der Waals surface area contributed by atoms with E-state index in [2.05, 4.69) is 11.8 Å². The molecular formula is C8H20Cl2N2. The van der Waals surface area contributed by atoms with Crippen molar-refractivity contribution in [3.63, 3.8) is 0 Å². The zero-order chi connectivity index (χ0) is 7.40. The van der Waals surface area contributed by atoms with Crippen LogP contribution in [-0.4, -0.2) is 24.2 Å². The highest BCUT2D eigenvalue weighted by Crippen LogP contribution is 2.17. The van der Waals surface area contributed by atoms with E-state index in [-0.39, 0.29) is 24.8 Å². The molecule has 0 saturated carbocycles. The topological polar surface area (TPSA) is 29.3 Å². The van der Waals surface area contributed by atoms with Gasteiger partial charge in [0.05, 0.1) is 0 Å². The van der Waals surface area contributed by atoms with Gasteiger partial charge in [-0.15, -0.1) is 24.8 Å². The number of nitrogens with two attached hydrogens (primary N) is 1. The fourth-order valence-corrected chi connectivity index (χ4v) is 1.76. The molecule has 1 heterocycles. The van der Waals surface area contributed by atoms with Gasteiger partial charge in [-0.2, -0.15) is 0 Å². The molecule has 0 aromatic carbocycles. The smallest absolute Gasteiger partial charge is 0.0457 e. The molecule has 0 aromatic heterocycles. The molecule has 0 radical (unpaired) electrons. The third kappa shape index (κ3) is 3.94. The molecular weight excluding hydrogens is 195 g/mol. The number of likely N-dealkylation sites (tertiary alicyclic amines) is 1. The fraction of sp³-hybridized carbons (Fsp3) is 1.00. The van der Waals surface area contributed by atoms with E-state index in [1.165, 1.54) is 32.2 Å². The number of nitrogens with zero attached hydrogens (tertiary/aromatic N) is 1. The SMILES string of the molecule is CCC1CCCCN1CN.Cl.Cl. The van der Waals surface area contributed by atoms with Crippen molar-refractivity contribution in [3.05, 3.63) is 0 Å². The maximum absolute atomic E-state index is 5.60. The van der Waals surface area contributed by atoms with Crippen LogP contribution >= 0.6 is 24.8 Å². The summed E-state index contributed by atoms with van der Waals surface area (Å²) in [6.45, 7) is 4.21. The Hall–Kier alpha value is 0.500. The van der Waals surface area contributed by atoms with E-state index in [1.807, 2.05) is 0 Å². The van der Waals surface area contributed by atoms with E-state index in [4.69, 9.17) is 5.73 Å². The maximum Gasteiger partial charge on any atom is 0.0457 e. The summed E-state index contributed by atoms with van der Waals surface area (Å²) in [5.41, 5.74) is 5.60. The average Bonchev–Trinajstić information content (AvgIpc) is 2.04. The molecule has 1 fully saturated rings. The zero-order valence-electron chi connectivity index (χ0n) is 7.66. The normalized spacial score (nSPS) is 24.0. The lowest BCUT2D eigenvalue weighted by Gasteiger charge is -2.33. The Balaban J connectivity index is 0. The summed E-state index contributed by atoms with van der Waals surface area (Å²) < 4.78 is 0. The van der Waals surface area contributed by atoms with Gasteiger partial charge in [0.2, 0.25) is 0 Å². The average molecular weight is 215 g/mol. The summed E-state index contributed by atoms with van der Waals surface area (Å²) in [6.07, 6.45) is 5.35. The Morgan fingerprint density at radius 3 is 2.42 bits per heavy atom. The Morgan fingerprint density at radius 2 is 2.00 bits per heavy atom. The van der Waals surface area contributed by atoms with E-state index < -0.39 is 0 Å². The highest BCUT2D eigenvalue weighted by molar-refractivity contribution is 5.85. The van der Waals surface area contributed by atoms with Crippen LogP contribution in [0, 0.1) is 0 Å². The molecule has 2 N–H and O–H groups in total. The summed E-state index contributed by atoms with van der Waals surface area (Å²) in [4.78, 5) is 2.39. The van der Waals surface area contributed by atoms with Gasteiger partial charge in [0, 0.05) is 12.7 Å². The van der Waals surface area contributed by atoms with Gasteiger partial charge in [-0.1, -0.05) is 13.3 Å². The number of piperidine rings is 1. The van der Waals surface area contributed by atoms with Crippen LogP contribution in [0.5, 0.6) is 0 Å². The summed E-state index contributed by atoms with van der Waals surface area (Å²) in [5.74, 6) is 0. The largest absolute Gasteiger partial charge is 0.318 e. The molecule has 0 aliphatic carbocycles. The Morgan fingerprint density at radius 1 is 1.33 bits per heavy atom. The first-order chi connectivity index (χ1) is 4.88. The van der Waals surface area contributed by atoms with Gasteiger partial charge < -0.3 is 5.73 Å². The maximum atomic E-state index is 5.60. The Bertz CT molecular complexity index is 89.1. The number of hydrogen-bond donors (Lipinski definition) is 1. The molecule has 1 rings (SSSR count). The second kappa shape index (κ2) is 8.11. The molecule has 76 valence electrons. The predicted octanol–water partition coefficient (Wildman–Crippen LogP) is 2.01. The van der Waals surface area contributed by atoms with Crippen molar-refractivity contribution in [1.82, 2.24) is 4.90 Å². The van der Waals surface area contributed by atoms with Gasteiger partial charge in [0.1, 0.15) is 0 Å². The lowest BCUT2D eigenvalue weighted by Crippen LogP contribution is -2.42. The monoisotopic (exact) mass is 214 g/mol. The zero-order valence-corrected chi connectivity index (χ0v) is 9.29. The first-order valence-corrected chi connectivity index (χ1v) is 4.32. The van der Waals surface area contributed by atoms with Crippen molar-refractivity contribution in [3.8, 4) is 0 Å². The molecule has 1 aliphatic heterocycles. The lowest BCUT2D eigenvalue weighted by atomic mass is 10.0. The van der Waals surface area contributed by atoms with E-state index in [9.17, 15) is 0 Å². The van der Waals surface area contributed by atoms with Crippen molar-refractivity contribution in [2.24, 2.45) is 5.73 Å². The molecule has 2 nitrogen and oxygen atoms in total. The van der Waals surface area contributed by atoms with Crippen LogP contribution < -0.4 is 5.73 Å². The van der Waals surface area contributed by atoms with Crippen LogP contribution in [0.2, 0.25) is 0 Å². The third-order valence-electron chi connectivity index (χ3n) is 2.45. The standard InChI is InChI=1S/C8H18N2.2ClH/c1-2-8-5-3-4-6-10(8)7-9;;/h8H,2-7,9H2,1H3;2*1H. The molecule has 0 aromatic rings. The van der Waals surface area contributed by atoms with Gasteiger partial charge in [0.15, 0.2) is 0 Å². The fourth-order valence-electron chi connectivity index (χ4n) is 1.76. The number of hydrogen-bond acceptors (Lipinski definition) is 2. The van der Waals surface area contributed by atoms with Gasteiger partial charge in [-0.25, -0.2) is 0 Å². The van der Waals surface area contributed by atoms with E-state index in [0.29, 0.717) is 0 Å². The first-order valence-electron chi connectivity index (χ1n) is 4.32. The highest BCUT2D eigenvalue weighted by atomic mass is 35.5. The predicted molar refractivity (Wildman–Crippen MR) is 58.2 cm³/mol. The highest BCUT2D eigenvalue weighted by Gasteiger charge is 2.18. The second-order valence-corrected chi connectivity index (χ2v) is 3.05. The number of rotatable bonds is 2. The Labute approximate surface area is 87.7 Å². The van der Waals surface area contributed by atoms with Crippen LogP contribution in [-0.2, 0) is 0 Å². The van der Waals surface area contributed by atoms with Crippen LogP contribution in [0.25, 0.3) is 0 Å². The van der Waals surface area contributed by atoms with Crippen molar-refractivity contribution < 1.29 is 0 Å². The molecule has 0 spiro atoms. The van der Waals surface area contributed by atoms with Crippen LogP contribution in [0.3, 0.4) is 0 Å². The minimum Gasteiger partial charge on any atom is -0.318 e. The van der Waals surface area contributed by atoms with Crippen LogP contribution in [0.1, 0.15) is 32.6 Å².